The van der Waals surface area contributed by atoms with Gasteiger partial charge in [0.05, 0.1) is 30.9 Å². The second-order valence-corrected chi connectivity index (χ2v) is 12.6. The van der Waals surface area contributed by atoms with Gasteiger partial charge in [-0.3, -0.25) is 4.90 Å². The lowest BCUT2D eigenvalue weighted by Crippen LogP contribution is -2.56. The van der Waals surface area contributed by atoms with Crippen LogP contribution in [0.15, 0.2) is 48.8 Å². The molecule has 3 saturated heterocycles. The van der Waals surface area contributed by atoms with Crippen LogP contribution < -0.4 is 15.0 Å². The van der Waals surface area contributed by atoms with E-state index in [4.69, 9.17) is 9.47 Å². The largest absolute Gasteiger partial charge is 0.487 e. The summed E-state index contributed by atoms with van der Waals surface area (Å²) in [4.78, 5) is 31.4. The quantitative estimate of drug-likeness (QED) is 0.404. The van der Waals surface area contributed by atoms with E-state index in [-0.39, 0.29) is 17.6 Å². The fourth-order valence-corrected chi connectivity index (χ4v) is 6.31. The highest BCUT2D eigenvalue weighted by Gasteiger charge is 2.45. The minimum Gasteiger partial charge on any atom is -0.487 e. The van der Waals surface area contributed by atoms with Crippen LogP contribution in [0, 0.1) is 16.7 Å². The Morgan fingerprint density at radius 1 is 1.07 bits per heavy atom. The third kappa shape index (κ3) is 6.25. The minimum atomic E-state index is -0.962. The lowest BCUT2D eigenvalue weighted by molar-refractivity contribution is -0.0660. The van der Waals surface area contributed by atoms with Crippen LogP contribution in [-0.4, -0.2) is 100 Å². The lowest BCUT2D eigenvalue weighted by atomic mass is 9.84. The number of hydrogen-bond donors (Lipinski definition) is 2. The predicted molar refractivity (Wildman–Crippen MR) is 165 cm³/mol. The van der Waals surface area contributed by atoms with Gasteiger partial charge in [0.1, 0.15) is 24.3 Å². The van der Waals surface area contributed by atoms with E-state index in [9.17, 15) is 15.2 Å². The molecule has 0 radical (unpaired) electrons. The number of nitriles is 1. The first-order valence-corrected chi connectivity index (χ1v) is 15.0. The van der Waals surface area contributed by atoms with Crippen LogP contribution in [0.5, 0.6) is 5.75 Å². The zero-order chi connectivity index (χ0) is 30.8. The Hall–Kier alpha value is -4.47. The van der Waals surface area contributed by atoms with Crippen LogP contribution >= 0.6 is 0 Å². The molecule has 12 nitrogen and oxygen atoms in total. The topological polar surface area (TPSA) is 140 Å². The minimum absolute atomic E-state index is 0.330. The maximum atomic E-state index is 11.8. The average Bonchev–Trinajstić information content (AvgIpc) is 3.42. The van der Waals surface area contributed by atoms with Crippen LogP contribution in [0.2, 0.25) is 0 Å². The zero-order valence-electron chi connectivity index (χ0n) is 25.3. The number of aromatic nitrogens is 3. The first-order chi connectivity index (χ1) is 21.2. The Labute approximate surface area is 257 Å². The first-order valence-electron chi connectivity index (χ1n) is 15.0. The third-order valence-electron chi connectivity index (χ3n) is 8.62. The molecule has 0 saturated carbocycles. The average molecular weight is 599 g/mol. The van der Waals surface area contributed by atoms with Crippen molar-refractivity contribution >= 4 is 23.4 Å². The summed E-state index contributed by atoms with van der Waals surface area (Å²) in [6.07, 6.45) is 0.665. The molecule has 0 spiro atoms. The van der Waals surface area contributed by atoms with Crippen LogP contribution in [0.4, 0.5) is 22.1 Å². The molecular formula is C32H38N8O4. The van der Waals surface area contributed by atoms with E-state index in [0.29, 0.717) is 47.7 Å². The van der Waals surface area contributed by atoms with Gasteiger partial charge in [-0.1, -0.05) is 20.8 Å². The zero-order valence-corrected chi connectivity index (χ0v) is 25.3. The van der Waals surface area contributed by atoms with E-state index in [1.165, 1.54) is 16.9 Å². The number of amides is 1. The number of piperazine rings is 1. The molecule has 44 heavy (non-hydrogen) atoms. The first kappa shape index (κ1) is 29.6. The number of hydrogen-bond acceptors (Lipinski definition) is 10. The number of ether oxygens (including phenoxy) is 2. The Morgan fingerprint density at radius 2 is 1.82 bits per heavy atom. The van der Waals surface area contributed by atoms with Crippen molar-refractivity contribution in [3.63, 3.8) is 0 Å². The van der Waals surface area contributed by atoms with Gasteiger partial charge < -0.3 is 29.7 Å². The van der Waals surface area contributed by atoms with Gasteiger partial charge in [-0.05, 0) is 47.9 Å². The molecule has 0 aliphatic carbocycles. The Kier molecular flexibility index (Phi) is 8.25. The molecular weight excluding hydrogens is 560 g/mol. The molecule has 3 aromatic rings. The normalized spacial score (nSPS) is 21.0. The molecule has 2 N–H and O–H groups in total. The van der Waals surface area contributed by atoms with Gasteiger partial charge in [0.15, 0.2) is 5.82 Å². The molecule has 3 aliphatic rings. The van der Waals surface area contributed by atoms with Crippen molar-refractivity contribution < 1.29 is 19.4 Å². The van der Waals surface area contributed by atoms with Gasteiger partial charge in [-0.2, -0.15) is 10.2 Å². The molecule has 6 rings (SSSR count). The van der Waals surface area contributed by atoms with Gasteiger partial charge in [0.25, 0.3) is 0 Å². The number of nitrogens with one attached hydrogen (secondary N) is 1. The molecule has 4 heterocycles. The predicted octanol–water partition coefficient (Wildman–Crippen LogP) is 4.22. The monoisotopic (exact) mass is 598 g/mol. The fourth-order valence-electron chi connectivity index (χ4n) is 6.31. The number of nitrogens with zero attached hydrogens (tertiary/aromatic N) is 7. The van der Waals surface area contributed by atoms with Crippen molar-refractivity contribution in [1.82, 2.24) is 24.8 Å². The van der Waals surface area contributed by atoms with Crippen LogP contribution in [0.25, 0.3) is 11.4 Å². The Morgan fingerprint density at radius 3 is 2.45 bits per heavy atom. The molecule has 3 aliphatic heterocycles. The highest BCUT2D eigenvalue weighted by Crippen LogP contribution is 2.36. The van der Waals surface area contributed by atoms with Crippen LogP contribution in [0.1, 0.15) is 32.8 Å². The van der Waals surface area contributed by atoms with Crippen LogP contribution in [0.3, 0.4) is 0 Å². The summed E-state index contributed by atoms with van der Waals surface area (Å²) >= 11 is 0. The van der Waals surface area contributed by atoms with Crippen molar-refractivity contribution in [3.8, 4) is 23.2 Å². The summed E-state index contributed by atoms with van der Waals surface area (Å²) < 4.78 is 11.6. The summed E-state index contributed by atoms with van der Waals surface area (Å²) in [7, 11) is 0. The maximum Gasteiger partial charge on any atom is 0.407 e. The molecule has 2 aromatic carbocycles. The Bertz CT molecular complexity index is 1520. The summed E-state index contributed by atoms with van der Waals surface area (Å²) in [6.45, 7) is 12.2. The second-order valence-electron chi connectivity index (χ2n) is 12.6. The van der Waals surface area contributed by atoms with Crippen molar-refractivity contribution in [2.75, 3.05) is 56.2 Å². The van der Waals surface area contributed by atoms with Gasteiger partial charge >= 0.3 is 6.09 Å². The maximum absolute atomic E-state index is 11.8. The number of carboxylic acid groups (broad SMARTS) is 1. The second kappa shape index (κ2) is 12.3. The standard InChI is InChI=1S/C32H38N8O4/c1-32(2,3)28-27(10-11-40(28)31(41)42)44-26-9-4-21(16-22(26)17-33)29-34-20-35-30(37-29)36-23-5-7-24(8-6-23)38-12-14-39(15-13-38)25-18-43-19-25/h4-9,16,20,25,27-28H,10-15,18-19H2,1-3H3,(H,41,42)(H,34,35,36,37)/t27?,28-/m0/s1. The Balaban J connectivity index is 1.12. The highest BCUT2D eigenvalue weighted by molar-refractivity contribution is 5.66. The van der Waals surface area contributed by atoms with Gasteiger partial charge in [-0.25, -0.2) is 14.8 Å². The molecule has 3 fully saturated rings. The SMILES string of the molecule is CC(C)(C)[C@@H]1C(Oc2ccc(-c3ncnc(Nc4ccc(N5CCN(C6COC6)CC5)cc4)n3)cc2C#N)CCN1C(=O)O. The summed E-state index contributed by atoms with van der Waals surface area (Å²) in [5, 5.41) is 22.9. The lowest BCUT2D eigenvalue weighted by Gasteiger charge is -2.43. The smallest absolute Gasteiger partial charge is 0.407 e. The molecule has 12 heteroatoms. The van der Waals surface area contributed by atoms with Gasteiger partial charge in [0, 0.05) is 56.1 Å². The van der Waals surface area contributed by atoms with Crippen molar-refractivity contribution in [3.05, 3.63) is 54.4 Å². The van der Waals surface area contributed by atoms with E-state index in [1.54, 1.807) is 18.2 Å². The molecule has 230 valence electrons. The van der Waals surface area contributed by atoms with Crippen LogP contribution in [-0.2, 0) is 4.74 Å². The van der Waals surface area contributed by atoms with Crippen molar-refractivity contribution in [1.29, 1.82) is 5.26 Å². The molecule has 0 bridgehead atoms. The molecule has 1 unspecified atom stereocenters. The number of benzene rings is 2. The highest BCUT2D eigenvalue weighted by atomic mass is 16.5. The number of likely N-dealkylation sites (tertiary alicyclic amines) is 1. The fraction of sp³-hybridized carbons (Fsp3) is 0.469. The van der Waals surface area contributed by atoms with E-state index in [1.807, 2.05) is 32.9 Å². The summed E-state index contributed by atoms with van der Waals surface area (Å²) in [6, 6.07) is 15.9. The number of anilines is 3. The molecule has 1 aromatic heterocycles. The van der Waals surface area contributed by atoms with E-state index < -0.39 is 6.09 Å². The van der Waals surface area contributed by atoms with E-state index >= 15 is 0 Å². The van der Waals surface area contributed by atoms with E-state index in [2.05, 4.69) is 48.3 Å². The summed E-state index contributed by atoms with van der Waals surface area (Å²) in [5.41, 5.74) is 2.69. The third-order valence-corrected chi connectivity index (χ3v) is 8.62. The van der Waals surface area contributed by atoms with Crippen molar-refractivity contribution in [2.24, 2.45) is 5.41 Å². The number of carbonyl (C=O) groups is 1. The molecule has 2 atom stereocenters. The van der Waals surface area contributed by atoms with Gasteiger partial charge in [-0.15, -0.1) is 0 Å². The molecule has 1 amide bonds. The van der Waals surface area contributed by atoms with Crippen molar-refractivity contribution in [2.45, 2.75) is 45.4 Å². The van der Waals surface area contributed by atoms with Gasteiger partial charge in [0.2, 0.25) is 5.95 Å². The summed E-state index contributed by atoms with van der Waals surface area (Å²) in [5.74, 6) is 1.22. The number of rotatable bonds is 7. The van der Waals surface area contributed by atoms with E-state index in [0.717, 1.165) is 45.1 Å².